The fourth-order valence-electron chi connectivity index (χ4n) is 1.81. The quantitative estimate of drug-likeness (QED) is 0.428. The number of hydrogen-bond acceptors (Lipinski definition) is 5. The van der Waals surface area contributed by atoms with Crippen LogP contribution in [0.4, 0.5) is 15.8 Å². The van der Waals surface area contributed by atoms with Crippen LogP contribution in [0.5, 0.6) is 0 Å². The number of para-hydroxylation sites is 1. The van der Waals surface area contributed by atoms with Crippen LogP contribution in [-0.4, -0.2) is 18.9 Å². The van der Waals surface area contributed by atoms with Crippen LogP contribution < -0.4 is 10.6 Å². The molecule has 1 amide bonds. The molecule has 0 aliphatic rings. The van der Waals surface area contributed by atoms with Gasteiger partial charge in [-0.15, -0.1) is 0 Å². The van der Waals surface area contributed by atoms with Crippen molar-refractivity contribution < 1.29 is 22.2 Å². The number of nitriles is 1. The fourth-order valence-corrected chi connectivity index (χ4v) is 2.34. The molecule has 0 aromatic heterocycles. The number of carbonyl (C=O) groups is 1. The average Bonchev–Trinajstić information content (AvgIpc) is 2.56. The molecule has 25 heavy (non-hydrogen) atoms. The molecule has 0 saturated heterocycles. The van der Waals surface area contributed by atoms with Gasteiger partial charge in [-0.2, -0.15) is 13.7 Å². The summed E-state index contributed by atoms with van der Waals surface area (Å²) >= 11 is 0. The van der Waals surface area contributed by atoms with Gasteiger partial charge in [0.1, 0.15) is 17.5 Å². The molecule has 0 aliphatic heterocycles. The molecule has 2 rings (SSSR count). The lowest BCUT2D eigenvalue weighted by Gasteiger charge is -2.06. The Morgan fingerprint density at radius 1 is 1.20 bits per heavy atom. The van der Waals surface area contributed by atoms with E-state index in [1.165, 1.54) is 30.3 Å². The van der Waals surface area contributed by atoms with E-state index in [1.54, 1.807) is 12.1 Å². The number of anilines is 2. The van der Waals surface area contributed by atoms with Gasteiger partial charge in [0, 0.05) is 11.9 Å². The first kappa shape index (κ1) is 18.1. The highest BCUT2D eigenvalue weighted by Gasteiger charge is 2.13. The summed E-state index contributed by atoms with van der Waals surface area (Å²) in [6.07, 6.45) is 1.03. The Morgan fingerprint density at radius 3 is 2.56 bits per heavy atom. The third-order valence-electron chi connectivity index (χ3n) is 3.00. The maximum Gasteiger partial charge on any atom is 0.294 e. The van der Waals surface area contributed by atoms with Gasteiger partial charge in [-0.05, 0) is 30.3 Å². The van der Waals surface area contributed by atoms with Gasteiger partial charge in [0.05, 0.1) is 10.6 Å². The predicted molar refractivity (Wildman–Crippen MR) is 88.6 cm³/mol. The van der Waals surface area contributed by atoms with E-state index in [0.29, 0.717) is 0 Å². The normalized spacial score (nSPS) is 11.5. The van der Waals surface area contributed by atoms with E-state index in [-0.39, 0.29) is 16.9 Å². The van der Waals surface area contributed by atoms with Crippen molar-refractivity contribution in [3.8, 4) is 6.07 Å². The Bertz CT molecular complexity index is 981. The van der Waals surface area contributed by atoms with Crippen molar-refractivity contribution in [1.29, 1.82) is 5.26 Å². The summed E-state index contributed by atoms with van der Waals surface area (Å²) in [6, 6.07) is 12.2. The molecule has 0 aliphatic carbocycles. The van der Waals surface area contributed by atoms with Crippen LogP contribution in [0.15, 0.2) is 65.2 Å². The van der Waals surface area contributed by atoms with Crippen molar-refractivity contribution in [1.82, 2.24) is 0 Å². The van der Waals surface area contributed by atoms with Gasteiger partial charge < -0.3 is 10.6 Å². The van der Waals surface area contributed by atoms with E-state index in [0.717, 1.165) is 18.3 Å². The lowest BCUT2D eigenvalue weighted by molar-refractivity contribution is -0.112. The topological polar surface area (TPSA) is 119 Å². The molecule has 128 valence electrons. The van der Waals surface area contributed by atoms with Crippen molar-refractivity contribution in [2.24, 2.45) is 0 Å². The highest BCUT2D eigenvalue weighted by molar-refractivity contribution is 7.85. The summed E-state index contributed by atoms with van der Waals surface area (Å²) in [6.45, 7) is 0. The molecule has 0 heterocycles. The Morgan fingerprint density at radius 2 is 1.92 bits per heavy atom. The summed E-state index contributed by atoms with van der Waals surface area (Å²) < 4.78 is 44.7. The first-order chi connectivity index (χ1) is 11.8. The van der Waals surface area contributed by atoms with Gasteiger partial charge in [0.2, 0.25) is 0 Å². The van der Waals surface area contributed by atoms with Gasteiger partial charge in [-0.3, -0.25) is 9.35 Å². The molecule has 7 nitrogen and oxygen atoms in total. The van der Waals surface area contributed by atoms with E-state index in [2.05, 4.69) is 10.6 Å². The summed E-state index contributed by atoms with van der Waals surface area (Å²) in [7, 11) is -4.42. The monoisotopic (exact) mass is 361 g/mol. The van der Waals surface area contributed by atoms with Crippen LogP contribution in [0.3, 0.4) is 0 Å². The first-order valence-electron chi connectivity index (χ1n) is 6.81. The molecule has 0 radical (unpaired) electrons. The minimum absolute atomic E-state index is 0.0622. The maximum absolute atomic E-state index is 13.5. The van der Waals surface area contributed by atoms with E-state index in [4.69, 9.17) is 9.81 Å². The maximum atomic E-state index is 13.5. The van der Waals surface area contributed by atoms with Crippen LogP contribution >= 0.6 is 0 Å². The van der Waals surface area contributed by atoms with Crippen LogP contribution in [0.1, 0.15) is 0 Å². The number of nitrogens with one attached hydrogen (secondary N) is 2. The molecule has 2 aromatic carbocycles. The largest absolute Gasteiger partial charge is 0.358 e. The van der Waals surface area contributed by atoms with Crippen molar-refractivity contribution in [2.75, 3.05) is 10.6 Å². The van der Waals surface area contributed by atoms with Crippen LogP contribution in [0.25, 0.3) is 0 Å². The second kappa shape index (κ2) is 7.57. The van der Waals surface area contributed by atoms with Crippen LogP contribution in [-0.2, 0) is 14.9 Å². The Balaban J connectivity index is 2.17. The van der Waals surface area contributed by atoms with Crippen molar-refractivity contribution in [3.05, 3.63) is 66.1 Å². The minimum Gasteiger partial charge on any atom is -0.358 e. The predicted octanol–water partition coefficient (Wildman–Crippen LogP) is 2.53. The molecular weight excluding hydrogens is 349 g/mol. The Hall–Kier alpha value is -3.22. The van der Waals surface area contributed by atoms with E-state index < -0.39 is 26.7 Å². The van der Waals surface area contributed by atoms with Crippen molar-refractivity contribution >= 4 is 27.4 Å². The SMILES string of the molecule is N#C/C(=C/Nc1ccccc1F)C(=O)Nc1cccc(S(=O)(=O)O)c1. The lowest BCUT2D eigenvalue weighted by Crippen LogP contribution is -2.15. The number of benzene rings is 2. The molecule has 0 spiro atoms. The molecule has 3 N–H and O–H groups in total. The molecule has 0 bridgehead atoms. The highest BCUT2D eigenvalue weighted by Crippen LogP contribution is 2.16. The molecule has 0 unspecified atom stereocenters. The second-order valence-electron chi connectivity index (χ2n) is 4.75. The van der Waals surface area contributed by atoms with E-state index >= 15 is 0 Å². The van der Waals surface area contributed by atoms with E-state index in [9.17, 15) is 17.6 Å². The van der Waals surface area contributed by atoms with E-state index in [1.807, 2.05) is 0 Å². The van der Waals surface area contributed by atoms with Gasteiger partial charge in [-0.25, -0.2) is 4.39 Å². The summed E-state index contributed by atoms with van der Waals surface area (Å²) in [5.41, 5.74) is -0.218. The summed E-state index contributed by atoms with van der Waals surface area (Å²) in [4.78, 5) is 11.7. The molecular formula is C16H12FN3O4S. The molecule has 0 saturated carbocycles. The van der Waals surface area contributed by atoms with Gasteiger partial charge >= 0.3 is 0 Å². The standard InChI is InChI=1S/C16H12FN3O4S/c17-14-6-1-2-7-15(14)19-10-11(9-18)16(21)20-12-4-3-5-13(8-12)25(22,23)24/h1-8,10,19H,(H,20,21)(H,22,23,24)/b11-10-. The summed E-state index contributed by atoms with van der Waals surface area (Å²) in [5.74, 6) is -1.39. The highest BCUT2D eigenvalue weighted by atomic mass is 32.2. The number of hydrogen-bond donors (Lipinski definition) is 3. The zero-order valence-corrected chi connectivity index (χ0v) is 13.4. The third-order valence-corrected chi connectivity index (χ3v) is 3.85. The summed E-state index contributed by atoms with van der Waals surface area (Å²) in [5, 5.41) is 13.9. The fraction of sp³-hybridized carbons (Fsp3) is 0. The molecule has 2 aromatic rings. The number of carbonyl (C=O) groups excluding carboxylic acids is 1. The third kappa shape index (κ3) is 4.87. The van der Waals surface area contributed by atoms with Crippen molar-refractivity contribution in [2.45, 2.75) is 4.90 Å². The Labute approximate surface area is 143 Å². The van der Waals surface area contributed by atoms with Gasteiger partial charge in [0.25, 0.3) is 16.0 Å². The zero-order chi connectivity index (χ0) is 18.4. The average molecular weight is 361 g/mol. The van der Waals surface area contributed by atoms with Gasteiger partial charge in [0.15, 0.2) is 0 Å². The van der Waals surface area contributed by atoms with Gasteiger partial charge in [-0.1, -0.05) is 18.2 Å². The zero-order valence-electron chi connectivity index (χ0n) is 12.6. The van der Waals surface area contributed by atoms with Crippen molar-refractivity contribution in [3.63, 3.8) is 0 Å². The minimum atomic E-state index is -4.42. The number of halogens is 1. The Kier molecular flexibility index (Phi) is 5.49. The molecule has 0 atom stereocenters. The number of rotatable bonds is 5. The van der Waals surface area contributed by atoms with Crippen LogP contribution in [0, 0.1) is 17.1 Å². The smallest absolute Gasteiger partial charge is 0.294 e. The molecule has 9 heteroatoms. The number of nitrogens with zero attached hydrogens (tertiary/aromatic N) is 1. The second-order valence-corrected chi connectivity index (χ2v) is 6.17. The molecule has 0 fully saturated rings. The lowest BCUT2D eigenvalue weighted by atomic mass is 10.2. The van der Waals surface area contributed by atoms with Crippen LogP contribution in [0.2, 0.25) is 0 Å². The first-order valence-corrected chi connectivity index (χ1v) is 8.25. The number of amides is 1.